The molecule has 23 heavy (non-hydrogen) atoms. The molecule has 2 aromatic carbocycles. The summed E-state index contributed by atoms with van der Waals surface area (Å²) >= 11 is 0. The van der Waals surface area contributed by atoms with Gasteiger partial charge in [-0.25, -0.2) is 4.79 Å². The number of carbonyl (C=O) groups is 1. The molecule has 0 aliphatic carbocycles. The summed E-state index contributed by atoms with van der Waals surface area (Å²) in [6.07, 6.45) is 0. The predicted octanol–water partition coefficient (Wildman–Crippen LogP) is 1.58. The molecule has 118 valence electrons. The summed E-state index contributed by atoms with van der Waals surface area (Å²) in [6, 6.07) is 9.45. The quantitative estimate of drug-likeness (QED) is 0.658. The first-order valence-corrected chi connectivity index (χ1v) is 7.19. The van der Waals surface area contributed by atoms with E-state index in [-0.39, 0.29) is 23.7 Å². The lowest BCUT2D eigenvalue weighted by molar-refractivity contribution is 0.0526. The highest BCUT2D eigenvalue weighted by molar-refractivity contribution is 6.61. The number of fused-ring (bicyclic) bond motifs is 1. The smallest absolute Gasteiger partial charge is 0.491 e. The van der Waals surface area contributed by atoms with Gasteiger partial charge in [0.2, 0.25) is 0 Å². The lowest BCUT2D eigenvalue weighted by atomic mass is 9.80. The van der Waals surface area contributed by atoms with E-state index < -0.39 is 13.1 Å². The first-order chi connectivity index (χ1) is 11.1. The highest BCUT2D eigenvalue weighted by atomic mass is 16.5. The third kappa shape index (κ3) is 3.15. The third-order valence-electron chi connectivity index (χ3n) is 3.48. The minimum atomic E-state index is -0.906. The predicted molar refractivity (Wildman–Crippen MR) is 83.0 cm³/mol. The summed E-state index contributed by atoms with van der Waals surface area (Å²) in [6.45, 7) is 2.28. The molecule has 0 atom stereocenters. The van der Waals surface area contributed by atoms with Gasteiger partial charge >= 0.3 is 13.1 Å². The van der Waals surface area contributed by atoms with Crippen molar-refractivity contribution in [2.75, 3.05) is 6.61 Å². The second-order valence-electron chi connectivity index (χ2n) is 5.03. The van der Waals surface area contributed by atoms with E-state index in [1.807, 2.05) is 0 Å². The Hall–Kier alpha value is -2.51. The normalized spacial score (nSPS) is 12.9. The van der Waals surface area contributed by atoms with Crippen LogP contribution in [0.15, 0.2) is 36.4 Å². The van der Waals surface area contributed by atoms with E-state index in [4.69, 9.17) is 14.1 Å². The van der Waals surface area contributed by atoms with Crippen LogP contribution in [0.2, 0.25) is 0 Å². The van der Waals surface area contributed by atoms with Crippen molar-refractivity contribution in [1.82, 2.24) is 0 Å². The van der Waals surface area contributed by atoms with Gasteiger partial charge in [0.1, 0.15) is 5.75 Å². The number of ether oxygens (including phenoxy) is 2. The molecular weight excluding hydrogens is 299 g/mol. The van der Waals surface area contributed by atoms with Gasteiger partial charge in [-0.3, -0.25) is 0 Å². The maximum Gasteiger partial charge on any atom is 0.491 e. The summed E-state index contributed by atoms with van der Waals surface area (Å²) < 4.78 is 15.6. The number of phenolic OH excluding ortho intramolecular Hbond substituents is 1. The number of esters is 1. The largest absolute Gasteiger partial charge is 0.504 e. The van der Waals surface area contributed by atoms with Crippen molar-refractivity contribution < 1.29 is 29.1 Å². The molecule has 0 amide bonds. The zero-order chi connectivity index (χ0) is 16.4. The Bertz CT molecular complexity index is 745. The number of benzene rings is 2. The Kier molecular flexibility index (Phi) is 4.23. The van der Waals surface area contributed by atoms with E-state index in [2.05, 4.69) is 0 Å². The van der Waals surface area contributed by atoms with Gasteiger partial charge in [0.25, 0.3) is 0 Å². The fraction of sp³-hybridized carbons (Fsp3) is 0.188. The standard InChI is InChI=1S/C16H15BO6/c1-2-21-16(19)10-3-6-15(14(18)8-10)23-12-4-5-13-11(7-12)9-22-17(13)20/h3-8,18,20H,2,9H2,1H3. The van der Waals surface area contributed by atoms with Crippen molar-refractivity contribution in [2.24, 2.45) is 0 Å². The molecule has 0 saturated carbocycles. The Morgan fingerprint density at radius 1 is 1.30 bits per heavy atom. The van der Waals surface area contributed by atoms with Crippen LogP contribution >= 0.6 is 0 Å². The molecule has 7 heteroatoms. The summed E-state index contributed by atoms with van der Waals surface area (Å²) in [5.74, 6) is 0.0588. The first-order valence-electron chi connectivity index (χ1n) is 7.19. The molecule has 2 N–H and O–H groups in total. The lowest BCUT2D eigenvalue weighted by Crippen LogP contribution is -2.27. The van der Waals surface area contributed by atoms with Gasteiger partial charge in [0, 0.05) is 0 Å². The molecule has 3 rings (SSSR count). The Balaban J connectivity index is 1.79. The van der Waals surface area contributed by atoms with E-state index >= 15 is 0 Å². The highest BCUT2D eigenvalue weighted by Gasteiger charge is 2.27. The van der Waals surface area contributed by atoms with Crippen LogP contribution in [-0.4, -0.2) is 29.8 Å². The minimum absolute atomic E-state index is 0.160. The average molecular weight is 314 g/mol. The summed E-state index contributed by atoms with van der Waals surface area (Å²) in [5.41, 5.74) is 1.79. The number of carbonyl (C=O) groups excluding carboxylic acids is 1. The maximum absolute atomic E-state index is 11.6. The lowest BCUT2D eigenvalue weighted by Gasteiger charge is -2.10. The fourth-order valence-electron chi connectivity index (χ4n) is 2.34. The van der Waals surface area contributed by atoms with E-state index in [1.54, 1.807) is 25.1 Å². The summed E-state index contributed by atoms with van der Waals surface area (Å²) in [7, 11) is -0.906. The zero-order valence-electron chi connectivity index (χ0n) is 12.5. The van der Waals surface area contributed by atoms with Crippen LogP contribution in [0.4, 0.5) is 0 Å². The number of rotatable bonds is 4. The molecule has 0 bridgehead atoms. The monoisotopic (exact) mass is 314 g/mol. The van der Waals surface area contributed by atoms with Crippen molar-refractivity contribution in [1.29, 1.82) is 0 Å². The van der Waals surface area contributed by atoms with Crippen molar-refractivity contribution >= 4 is 18.6 Å². The van der Waals surface area contributed by atoms with Gasteiger partial charge in [-0.1, -0.05) is 6.07 Å². The van der Waals surface area contributed by atoms with Gasteiger partial charge in [-0.2, -0.15) is 0 Å². The topological polar surface area (TPSA) is 85.2 Å². The van der Waals surface area contributed by atoms with Crippen molar-refractivity contribution in [2.45, 2.75) is 13.5 Å². The van der Waals surface area contributed by atoms with Crippen molar-refractivity contribution in [3.05, 3.63) is 47.5 Å². The first kappa shape index (κ1) is 15.4. The Labute approximate surface area is 133 Å². The fourth-order valence-corrected chi connectivity index (χ4v) is 2.34. The van der Waals surface area contributed by atoms with Crippen molar-refractivity contribution in [3.8, 4) is 17.2 Å². The van der Waals surface area contributed by atoms with Crippen LogP contribution in [0.25, 0.3) is 0 Å². The van der Waals surface area contributed by atoms with Gasteiger partial charge in [0.05, 0.1) is 18.8 Å². The minimum Gasteiger partial charge on any atom is -0.504 e. The highest BCUT2D eigenvalue weighted by Crippen LogP contribution is 2.32. The van der Waals surface area contributed by atoms with Gasteiger partial charge in [0.15, 0.2) is 11.5 Å². The number of phenols is 1. The summed E-state index contributed by atoms with van der Waals surface area (Å²) in [5, 5.41) is 19.6. The van der Waals surface area contributed by atoms with E-state index in [0.717, 1.165) is 5.56 Å². The zero-order valence-corrected chi connectivity index (χ0v) is 12.5. The molecular formula is C16H15BO6. The van der Waals surface area contributed by atoms with Crippen LogP contribution in [0.3, 0.4) is 0 Å². The van der Waals surface area contributed by atoms with Crippen LogP contribution < -0.4 is 10.2 Å². The van der Waals surface area contributed by atoms with E-state index in [9.17, 15) is 14.9 Å². The van der Waals surface area contributed by atoms with Crippen LogP contribution in [-0.2, 0) is 16.0 Å². The molecule has 0 radical (unpaired) electrons. The Morgan fingerprint density at radius 2 is 2.13 bits per heavy atom. The van der Waals surface area contributed by atoms with Crippen molar-refractivity contribution in [3.63, 3.8) is 0 Å². The molecule has 0 spiro atoms. The Morgan fingerprint density at radius 3 is 2.87 bits per heavy atom. The van der Waals surface area contributed by atoms with E-state index in [0.29, 0.717) is 17.8 Å². The molecule has 1 aliphatic rings. The van der Waals surface area contributed by atoms with E-state index in [1.165, 1.54) is 18.2 Å². The molecule has 1 aliphatic heterocycles. The summed E-state index contributed by atoms with van der Waals surface area (Å²) in [4.78, 5) is 11.6. The van der Waals surface area contributed by atoms with Crippen LogP contribution in [0.5, 0.6) is 17.2 Å². The second-order valence-corrected chi connectivity index (χ2v) is 5.03. The maximum atomic E-state index is 11.6. The van der Waals surface area contributed by atoms with Crippen LogP contribution in [0, 0.1) is 0 Å². The van der Waals surface area contributed by atoms with Crippen LogP contribution in [0.1, 0.15) is 22.8 Å². The average Bonchev–Trinajstić information content (AvgIpc) is 2.90. The third-order valence-corrected chi connectivity index (χ3v) is 3.48. The van der Waals surface area contributed by atoms with Gasteiger partial charge in [-0.15, -0.1) is 0 Å². The molecule has 0 aromatic heterocycles. The SMILES string of the molecule is CCOC(=O)c1ccc(Oc2ccc3c(c2)COB3O)c(O)c1. The number of hydrogen-bond donors (Lipinski definition) is 2. The molecule has 0 saturated heterocycles. The molecule has 0 fully saturated rings. The number of aromatic hydroxyl groups is 1. The van der Waals surface area contributed by atoms with Gasteiger partial charge < -0.3 is 24.3 Å². The number of hydrogen-bond acceptors (Lipinski definition) is 6. The molecule has 1 heterocycles. The second kappa shape index (κ2) is 6.32. The molecule has 2 aromatic rings. The van der Waals surface area contributed by atoms with Gasteiger partial charge in [-0.05, 0) is 48.3 Å². The molecule has 6 nitrogen and oxygen atoms in total. The molecule has 0 unspecified atom stereocenters.